The molecule has 0 heterocycles. The number of ketones is 12. The van der Waals surface area contributed by atoms with E-state index >= 15 is 0 Å². The van der Waals surface area contributed by atoms with E-state index in [-0.39, 0.29) is 143 Å². The molecule has 0 aliphatic heterocycles. The van der Waals surface area contributed by atoms with Crippen LogP contribution >= 0.6 is 72.3 Å². The minimum absolute atomic E-state index is 0.00463. The van der Waals surface area contributed by atoms with Gasteiger partial charge in [0.25, 0.3) is 0 Å². The first kappa shape index (κ1) is 144. The Balaban J connectivity index is -0.000000113. The van der Waals surface area contributed by atoms with Crippen LogP contribution in [-0.2, 0) is 105 Å². The van der Waals surface area contributed by atoms with Crippen molar-refractivity contribution in [3.63, 3.8) is 0 Å². The Hall–Kier alpha value is -7.80. The highest BCUT2D eigenvalue weighted by Crippen LogP contribution is 2.08. The predicted octanol–water partition coefficient (Wildman–Crippen LogP) is -7.34. The minimum Gasteiger partial charge on any atom is -0.481 e. The third-order valence-corrected chi connectivity index (χ3v) is 19.8. The number of carbonyl (C=O) groups is 22. The zero-order valence-electron chi connectivity index (χ0n) is 73.4. The van der Waals surface area contributed by atoms with E-state index in [9.17, 15) is 105 Å². The molecule has 0 spiro atoms. The summed E-state index contributed by atoms with van der Waals surface area (Å²) in [7, 11) is 0. The summed E-state index contributed by atoms with van der Waals surface area (Å²) in [6, 6.07) is -10.1. The molecule has 0 bridgehead atoms. The average molecular weight is 1930 g/mol. The predicted molar refractivity (Wildman–Crippen MR) is 489 cm³/mol. The van der Waals surface area contributed by atoms with Crippen LogP contribution in [0.4, 0.5) is 0 Å². The van der Waals surface area contributed by atoms with Gasteiger partial charge in [0, 0.05) is 89.6 Å². The molecule has 45 N–H and O–H groups in total. The average Bonchev–Trinajstić information content (AvgIpc) is 0.978. The largest absolute Gasteiger partial charge is 0.481 e. The van der Waals surface area contributed by atoms with Gasteiger partial charge < -0.3 is 145 Å². The van der Waals surface area contributed by atoms with Crippen molar-refractivity contribution < 1.29 is 141 Å². The molecular formula is C72H143N19O29S6. The summed E-state index contributed by atoms with van der Waals surface area (Å²) in [6.45, 7) is 16.7. The van der Waals surface area contributed by atoms with E-state index in [1.807, 2.05) is 0 Å². The fraction of sp³-hybridized carbons (Fsp3) is 0.694. The van der Waals surface area contributed by atoms with Gasteiger partial charge >= 0.3 is 41.8 Å². The number of carbonyl (C=O) groups excluding carboxylic acids is 15. The zero-order valence-corrected chi connectivity index (χ0v) is 78.5. The Kier molecular flexibility index (Phi) is 103. The smallest absolute Gasteiger partial charge is 0.321 e. The van der Waals surface area contributed by atoms with Crippen molar-refractivity contribution in [2.24, 2.45) is 109 Å². The molecule has 0 aliphatic rings. The molecule has 0 rings (SSSR count). The van der Waals surface area contributed by atoms with Crippen LogP contribution in [0.15, 0.2) is 0 Å². The van der Waals surface area contributed by atoms with Gasteiger partial charge in [-0.3, -0.25) is 105 Å². The summed E-state index contributed by atoms with van der Waals surface area (Å²) < 4.78 is 0. The molecular weight excluding hydrogens is 1790 g/mol. The number of carboxylic acid groups (broad SMARTS) is 7. The van der Waals surface area contributed by atoms with Crippen molar-refractivity contribution in [3.05, 3.63) is 0 Å². The second-order valence-corrected chi connectivity index (χ2v) is 31.8. The highest BCUT2D eigenvalue weighted by Gasteiger charge is 2.20. The van der Waals surface area contributed by atoms with E-state index < -0.39 is 138 Å². The van der Waals surface area contributed by atoms with Crippen molar-refractivity contribution in [1.29, 1.82) is 0 Å². The lowest BCUT2D eigenvalue weighted by molar-refractivity contribution is -0.139. The summed E-state index contributed by atoms with van der Waals surface area (Å²) in [5, 5.41) is 58.3. The van der Waals surface area contributed by atoms with Gasteiger partial charge in [0.05, 0.1) is 78.9 Å². The minimum atomic E-state index is -1.04. The second-order valence-electron chi connectivity index (χ2n) is 26.8. The van der Waals surface area contributed by atoms with Crippen molar-refractivity contribution >= 4 is 201 Å². The zero-order chi connectivity index (χ0) is 102. The monoisotopic (exact) mass is 1930 g/mol. The summed E-state index contributed by atoms with van der Waals surface area (Å²) in [5.41, 5.74) is 98.9. The van der Waals surface area contributed by atoms with Crippen LogP contribution in [0.5, 0.6) is 0 Å². The van der Waals surface area contributed by atoms with E-state index in [1.165, 1.54) is 130 Å². The number of thiol groups is 2. The van der Waals surface area contributed by atoms with Gasteiger partial charge in [-0.1, -0.05) is 0 Å². The first-order chi connectivity index (χ1) is 57.4. The molecule has 0 saturated carbocycles. The van der Waals surface area contributed by atoms with E-state index in [1.54, 1.807) is 0 Å². The van der Waals surface area contributed by atoms with Gasteiger partial charge in [-0.25, -0.2) is 0 Å². The number of hydrogen-bond donors (Lipinski definition) is 28. The first-order valence-electron chi connectivity index (χ1n) is 37.5. The number of amides is 3. The van der Waals surface area contributed by atoms with Crippen molar-refractivity contribution in [2.45, 2.75) is 257 Å². The molecule has 16 atom stereocenters. The molecule has 48 nitrogen and oxygen atoms in total. The van der Waals surface area contributed by atoms with Crippen LogP contribution in [0.3, 0.4) is 0 Å². The standard InChI is InChI=1S/4C7H14N2O3S.C7H14N2O2.2C7H13NO3.2C5H10N2O2.C5H9NO3.2C4H9NOS/c4*1-4(10)5(8)2-13-3-6(9)7(11)12;1-5(10)6(8)3-2-4-7(9)11;2*1-5(9)6(8)3-2-4-7(10)11;2*1-3(8)4(6)2-5(7)9;1-3(7)4(6)2-5(8)9;2*1-3(6)4(5)2-7/h4*5-6H,2-3,8-9H2,1H3,(H,11,12);6H,2-4,8H2,1H3,(H2,9,11);2*6H,2-4,8H2,1H3,(H,10,11);2*4H,2,6H2,1H3,(H2,7,9);4H,2,6H2,1H3,(H,8,9);2*4,7H,2,5H2,1H3/t2*5-,6+;2*5-,6-;3*6-;5*4-/m101011010010/s1. The molecule has 0 aliphatic carbocycles. The molecule has 0 saturated heterocycles. The molecule has 736 valence electrons. The van der Waals surface area contributed by atoms with Gasteiger partial charge in [0.1, 0.15) is 93.6 Å². The number of nitrogens with two attached hydrogens (primary N) is 19. The third-order valence-electron chi connectivity index (χ3n) is 14.3. The topological polar surface area (TPSA) is 1010 Å². The fourth-order valence-corrected chi connectivity index (χ4v) is 10.0. The molecule has 54 heteroatoms. The molecule has 0 aromatic heterocycles. The third kappa shape index (κ3) is 118. The lowest BCUT2D eigenvalue weighted by atomic mass is 10.1. The molecule has 0 radical (unpaired) electrons. The maximum atomic E-state index is 10.7. The Bertz CT molecular complexity index is 2850. The van der Waals surface area contributed by atoms with Crippen molar-refractivity contribution in [1.82, 2.24) is 0 Å². The molecule has 3 amide bonds. The van der Waals surface area contributed by atoms with Gasteiger partial charge in [-0.15, -0.1) is 0 Å². The van der Waals surface area contributed by atoms with E-state index in [2.05, 4.69) is 25.3 Å². The van der Waals surface area contributed by atoms with Crippen LogP contribution in [-0.4, -0.2) is 319 Å². The van der Waals surface area contributed by atoms with Crippen molar-refractivity contribution in [3.8, 4) is 0 Å². The van der Waals surface area contributed by atoms with Gasteiger partial charge in [0.15, 0.2) is 0 Å². The van der Waals surface area contributed by atoms with Crippen LogP contribution in [0.25, 0.3) is 0 Å². The van der Waals surface area contributed by atoms with E-state index in [0.717, 1.165) is 0 Å². The lowest BCUT2D eigenvalue weighted by Crippen LogP contribution is -2.35. The number of primary amides is 3. The highest BCUT2D eigenvalue weighted by molar-refractivity contribution is 8.00. The number of carboxylic acids is 7. The van der Waals surface area contributed by atoms with Crippen LogP contribution in [0, 0.1) is 0 Å². The van der Waals surface area contributed by atoms with E-state index in [0.29, 0.717) is 79.5 Å². The summed E-state index contributed by atoms with van der Waals surface area (Å²) in [6.07, 6.45) is 3.06. The van der Waals surface area contributed by atoms with Gasteiger partial charge in [0.2, 0.25) is 17.7 Å². The van der Waals surface area contributed by atoms with Crippen molar-refractivity contribution in [2.75, 3.05) is 57.5 Å². The summed E-state index contributed by atoms with van der Waals surface area (Å²) in [4.78, 5) is 227. The Labute approximate surface area is 761 Å². The molecule has 0 fully saturated rings. The SMILES string of the molecule is CC(=O)[C@@H](N)CC(=O)O.CC(=O)[C@@H](N)CC(N)=O.CC(=O)[C@@H](N)CCCC(=O)O.CC(=O)[C@@H](N)CS.CC(=O)[C@@H](N)CSC[C@@H](N)C(=O)O.CC(=O)[C@@H](N)CSC[C@H](N)C(=O)O.CC(=O)[C@H](N)CC(N)=O.CC(=O)[C@H](N)CCCC(=O)O.CC(=O)[C@H](N)CCCC(N)=O.CC(=O)[C@H](N)CS.CC(=O)[C@H](N)CSC[C@@H](N)C(=O)O.CC(=O)[C@H](N)CSC[C@H](N)C(=O)O. The quantitative estimate of drug-likeness (QED) is 0.0252. The van der Waals surface area contributed by atoms with Crippen LogP contribution in [0.1, 0.15) is 160 Å². The van der Waals surface area contributed by atoms with Gasteiger partial charge in [-0.2, -0.15) is 72.3 Å². The Morgan fingerprint density at radius 1 is 0.214 bits per heavy atom. The second kappa shape index (κ2) is 90.5. The number of hydrogen-bond acceptors (Lipinski definition) is 44. The lowest BCUT2D eigenvalue weighted by Gasteiger charge is -2.08. The summed E-state index contributed by atoms with van der Waals surface area (Å²) in [5.74, 6) is -6.05. The maximum absolute atomic E-state index is 10.7. The number of rotatable bonds is 52. The molecule has 126 heavy (non-hydrogen) atoms. The van der Waals surface area contributed by atoms with Crippen LogP contribution in [0.2, 0.25) is 0 Å². The molecule has 0 aromatic carbocycles. The number of aliphatic carboxylic acids is 7. The molecule has 0 unspecified atom stereocenters. The highest BCUT2D eigenvalue weighted by atomic mass is 32.2. The number of Topliss-reactive ketones (excluding diaryl/α,β-unsaturated/α-hetero) is 12. The fourth-order valence-electron chi connectivity index (χ4n) is 5.40. The first-order valence-corrected chi connectivity index (χ1v) is 43.4. The Morgan fingerprint density at radius 3 is 0.476 bits per heavy atom. The molecule has 0 aromatic rings. The number of thioether (sulfide) groups is 4. The summed E-state index contributed by atoms with van der Waals surface area (Å²) >= 11 is 12.7. The Morgan fingerprint density at radius 2 is 0.373 bits per heavy atom. The normalized spacial score (nSPS) is 13.7. The van der Waals surface area contributed by atoms with E-state index in [4.69, 9.17) is 145 Å². The maximum Gasteiger partial charge on any atom is 0.321 e. The van der Waals surface area contributed by atoms with Crippen LogP contribution < -0.4 is 109 Å². The van der Waals surface area contributed by atoms with Gasteiger partial charge in [-0.05, 0) is 122 Å².